The van der Waals surface area contributed by atoms with Crippen LogP contribution in [-0.4, -0.2) is 10.6 Å². The third-order valence-electron chi connectivity index (χ3n) is 12.9. The maximum Gasteiger partial charge on any atom is 0.0629 e. The van der Waals surface area contributed by atoms with E-state index < -0.39 is 0 Å². The van der Waals surface area contributed by atoms with Gasteiger partial charge in [0.05, 0.1) is 11.6 Å². The molecule has 1 aliphatic heterocycles. The molecular weight excluding hydrogens is 677 g/mol. The Balaban J connectivity index is 1.04. The Morgan fingerprint density at radius 1 is 0.554 bits per heavy atom. The molecule has 6 aromatic rings. The van der Waals surface area contributed by atoms with E-state index in [2.05, 4.69) is 192 Å². The zero-order chi connectivity index (χ0) is 37.0. The number of para-hydroxylation sites is 1. The summed E-state index contributed by atoms with van der Waals surface area (Å²) in [5.74, 6) is 0.769. The Morgan fingerprint density at radius 2 is 1.34 bits per heavy atom. The van der Waals surface area contributed by atoms with Crippen molar-refractivity contribution in [3.63, 3.8) is 0 Å². The number of hydrogen-bond donors (Lipinski definition) is 0. The number of anilines is 2. The molecule has 56 heavy (non-hydrogen) atoms. The van der Waals surface area contributed by atoms with Crippen LogP contribution >= 0.6 is 0 Å². The fraction of sp³-hybridized carbons (Fsp3) is 0.185. The SMILES string of the molecule is C1=CC(c2ccc3c(c2)c2c(n3-c3cc(C4=CCCCC4)cc(-c4ccccc4)c3)C=CCC2)C(c2cccc3c2C2C=CC=CC2N3c2ccccc2)C=C1. The van der Waals surface area contributed by atoms with Crippen LogP contribution in [0.2, 0.25) is 0 Å². The predicted molar refractivity (Wildman–Crippen MR) is 236 cm³/mol. The van der Waals surface area contributed by atoms with E-state index in [1.807, 2.05) is 0 Å². The lowest BCUT2D eigenvalue weighted by molar-refractivity contribution is 0.699. The minimum atomic E-state index is 0.229. The van der Waals surface area contributed by atoms with Gasteiger partial charge in [0.15, 0.2) is 0 Å². The van der Waals surface area contributed by atoms with E-state index in [9.17, 15) is 0 Å². The topological polar surface area (TPSA) is 8.17 Å². The number of allylic oxidation sites excluding steroid dienone is 9. The Bertz CT molecular complexity index is 2660. The number of hydrogen-bond acceptors (Lipinski definition) is 1. The Kier molecular flexibility index (Phi) is 8.23. The van der Waals surface area contributed by atoms with Crippen molar-refractivity contribution < 1.29 is 0 Å². The lowest BCUT2D eigenvalue weighted by Gasteiger charge is -2.28. The summed E-state index contributed by atoms with van der Waals surface area (Å²) in [6.07, 6.45) is 32.9. The molecule has 4 unspecified atom stereocenters. The molecule has 5 aromatic carbocycles. The van der Waals surface area contributed by atoms with Crippen LogP contribution in [0.5, 0.6) is 0 Å². The van der Waals surface area contributed by atoms with Gasteiger partial charge in [-0.05, 0) is 138 Å². The molecule has 0 saturated heterocycles. The van der Waals surface area contributed by atoms with E-state index >= 15 is 0 Å². The molecule has 5 aliphatic rings. The first-order valence-corrected chi connectivity index (χ1v) is 20.7. The second kappa shape index (κ2) is 13.9. The zero-order valence-corrected chi connectivity index (χ0v) is 31.8. The molecule has 2 heteroatoms. The van der Waals surface area contributed by atoms with Crippen molar-refractivity contribution in [2.45, 2.75) is 62.3 Å². The average Bonchev–Trinajstić information content (AvgIpc) is 3.80. The van der Waals surface area contributed by atoms with E-state index in [4.69, 9.17) is 0 Å². The predicted octanol–water partition coefficient (Wildman–Crippen LogP) is 13.9. The second-order valence-electron chi connectivity index (χ2n) is 16.1. The number of fused-ring (bicyclic) bond motifs is 6. The first-order chi connectivity index (χ1) is 27.8. The lowest BCUT2D eigenvalue weighted by atomic mass is 9.75. The van der Waals surface area contributed by atoms with Gasteiger partial charge in [-0.25, -0.2) is 0 Å². The van der Waals surface area contributed by atoms with Crippen molar-refractivity contribution in [2.75, 3.05) is 4.90 Å². The fourth-order valence-electron chi connectivity index (χ4n) is 10.4. The second-order valence-corrected chi connectivity index (χ2v) is 16.1. The minimum Gasteiger partial charge on any atom is -0.333 e. The summed E-state index contributed by atoms with van der Waals surface area (Å²) >= 11 is 0. The van der Waals surface area contributed by atoms with E-state index in [1.54, 1.807) is 0 Å². The van der Waals surface area contributed by atoms with Gasteiger partial charge in [0, 0.05) is 45.9 Å². The highest BCUT2D eigenvalue weighted by molar-refractivity contribution is 5.92. The van der Waals surface area contributed by atoms with Crippen molar-refractivity contribution in [1.82, 2.24) is 4.57 Å². The Hall–Kier alpha value is -6.12. The van der Waals surface area contributed by atoms with Crippen LogP contribution in [0.15, 0.2) is 176 Å². The van der Waals surface area contributed by atoms with Gasteiger partial charge < -0.3 is 9.47 Å². The molecule has 0 radical (unpaired) electrons. The first-order valence-electron chi connectivity index (χ1n) is 20.7. The fourth-order valence-corrected chi connectivity index (χ4v) is 10.4. The summed E-state index contributed by atoms with van der Waals surface area (Å²) in [7, 11) is 0. The van der Waals surface area contributed by atoms with Crippen LogP contribution in [0.3, 0.4) is 0 Å². The van der Waals surface area contributed by atoms with Crippen molar-refractivity contribution in [1.29, 1.82) is 0 Å². The molecule has 272 valence electrons. The van der Waals surface area contributed by atoms with E-state index in [0.29, 0.717) is 5.92 Å². The maximum atomic E-state index is 2.56. The molecule has 4 aliphatic carbocycles. The van der Waals surface area contributed by atoms with Crippen molar-refractivity contribution in [3.05, 3.63) is 210 Å². The zero-order valence-electron chi connectivity index (χ0n) is 31.8. The van der Waals surface area contributed by atoms with E-state index in [0.717, 1.165) is 19.3 Å². The monoisotopic (exact) mass is 722 g/mol. The summed E-state index contributed by atoms with van der Waals surface area (Å²) < 4.78 is 2.56. The molecule has 0 saturated carbocycles. The highest BCUT2D eigenvalue weighted by Crippen LogP contribution is 2.53. The minimum absolute atomic E-state index is 0.229. The van der Waals surface area contributed by atoms with Gasteiger partial charge in [-0.15, -0.1) is 0 Å². The van der Waals surface area contributed by atoms with Crippen molar-refractivity contribution in [2.24, 2.45) is 0 Å². The number of aryl methyl sites for hydroxylation is 1. The molecule has 4 atom stereocenters. The van der Waals surface area contributed by atoms with Gasteiger partial charge in [0.2, 0.25) is 0 Å². The molecule has 0 bridgehead atoms. The summed E-state index contributed by atoms with van der Waals surface area (Å²) in [6.45, 7) is 0. The van der Waals surface area contributed by atoms with Gasteiger partial charge in [0.25, 0.3) is 0 Å². The summed E-state index contributed by atoms with van der Waals surface area (Å²) in [4.78, 5) is 2.55. The van der Waals surface area contributed by atoms with Gasteiger partial charge in [-0.2, -0.15) is 0 Å². The van der Waals surface area contributed by atoms with Crippen molar-refractivity contribution in [3.8, 4) is 16.8 Å². The molecule has 11 rings (SSSR count). The molecule has 1 aromatic heterocycles. The van der Waals surface area contributed by atoms with E-state index in [1.165, 1.54) is 97.4 Å². The van der Waals surface area contributed by atoms with Crippen molar-refractivity contribution >= 4 is 33.9 Å². The molecule has 0 N–H and O–H groups in total. The van der Waals surface area contributed by atoms with Gasteiger partial charge in [-0.1, -0.05) is 127 Å². The number of aromatic nitrogens is 1. The molecule has 0 fully saturated rings. The first kappa shape index (κ1) is 33.2. The van der Waals surface area contributed by atoms with Crippen LogP contribution in [0.25, 0.3) is 39.4 Å². The molecule has 0 spiro atoms. The normalized spacial score (nSPS) is 21.9. The van der Waals surface area contributed by atoms with Gasteiger partial charge >= 0.3 is 0 Å². The number of nitrogens with zero attached hydrogens (tertiary/aromatic N) is 2. The van der Waals surface area contributed by atoms with Crippen LogP contribution in [0, 0.1) is 0 Å². The summed E-state index contributed by atoms with van der Waals surface area (Å²) in [6, 6.07) is 43.8. The van der Waals surface area contributed by atoms with Crippen LogP contribution in [0.4, 0.5) is 11.4 Å². The Labute approximate surface area is 330 Å². The molecular formula is C54H46N2. The van der Waals surface area contributed by atoms with Crippen LogP contribution in [0.1, 0.15) is 83.4 Å². The average molecular weight is 723 g/mol. The smallest absolute Gasteiger partial charge is 0.0629 e. The lowest BCUT2D eigenvalue weighted by Crippen LogP contribution is -2.28. The number of rotatable bonds is 6. The highest BCUT2D eigenvalue weighted by atomic mass is 15.2. The largest absolute Gasteiger partial charge is 0.333 e. The molecule has 2 heterocycles. The Morgan fingerprint density at radius 3 is 2.18 bits per heavy atom. The molecule has 2 nitrogen and oxygen atoms in total. The maximum absolute atomic E-state index is 2.56. The van der Waals surface area contributed by atoms with Crippen LogP contribution < -0.4 is 4.90 Å². The summed E-state index contributed by atoms with van der Waals surface area (Å²) in [5.41, 5.74) is 17.6. The van der Waals surface area contributed by atoms with Gasteiger partial charge in [0.1, 0.15) is 0 Å². The summed E-state index contributed by atoms with van der Waals surface area (Å²) in [5, 5.41) is 1.39. The quantitative estimate of drug-likeness (QED) is 0.166. The third-order valence-corrected chi connectivity index (χ3v) is 12.9. The standard InChI is InChI=1S/C54H46N2/c1-4-17-37(18-5-1)40-33-41(38-19-6-2-7-20-38)35-43(34-40)56-50-28-14-12-25-46(50)49-36-39(31-32-52(49)56)44-23-10-11-24-45(44)47-27-16-30-53-54(47)48-26-13-15-29-51(48)55(53)42-21-8-3-9-22-42/h1,3-5,8-11,13-19,21-24,26-36,44-45,48,51H,2,6-7,12,20,25H2. The molecule has 0 amide bonds. The highest BCUT2D eigenvalue weighted by Gasteiger charge is 2.40. The van der Waals surface area contributed by atoms with Gasteiger partial charge in [-0.3, -0.25) is 0 Å². The van der Waals surface area contributed by atoms with E-state index in [-0.39, 0.29) is 17.9 Å². The third kappa shape index (κ3) is 5.54. The van der Waals surface area contributed by atoms with Crippen LogP contribution in [-0.2, 0) is 6.42 Å². The number of benzene rings is 5.